The quantitative estimate of drug-likeness (QED) is 0.129. The zero-order valence-corrected chi connectivity index (χ0v) is 43.7. The van der Waals surface area contributed by atoms with E-state index in [4.69, 9.17) is 9.40 Å². The van der Waals surface area contributed by atoms with Gasteiger partial charge in [0, 0.05) is 61.9 Å². The molecule has 0 saturated heterocycles. The van der Waals surface area contributed by atoms with Crippen LogP contribution in [0.25, 0.3) is 66.1 Å². The van der Waals surface area contributed by atoms with Crippen LogP contribution >= 0.6 is 0 Å². The molecule has 13 aromatic rings. The minimum atomic E-state index is -0.155. The molecule has 5 nitrogen and oxygen atoms in total. The second-order valence-corrected chi connectivity index (χ2v) is 20.9. The molecule has 0 N–H and O–H groups in total. The molecule has 0 radical (unpaired) electrons. The molecule has 78 heavy (non-hydrogen) atoms. The number of benzene rings is 11. The Kier molecular flexibility index (Phi) is 11.3. The molecule has 2 aromatic heterocycles. The Morgan fingerprint density at radius 2 is 0.949 bits per heavy atom. The first-order chi connectivity index (χ1) is 38.4. The lowest BCUT2D eigenvalue weighted by atomic mass is 9.82. The van der Waals surface area contributed by atoms with Gasteiger partial charge < -0.3 is 19.1 Å². The maximum Gasteiger partial charge on any atom is 0.159 e. The lowest BCUT2D eigenvalue weighted by Gasteiger charge is -2.31. The molecule has 0 spiro atoms. The van der Waals surface area contributed by atoms with Crippen LogP contribution in [0.1, 0.15) is 30.5 Å². The van der Waals surface area contributed by atoms with Crippen LogP contribution in [0, 0.1) is 6.92 Å². The summed E-state index contributed by atoms with van der Waals surface area (Å²) >= 11 is 0. The summed E-state index contributed by atoms with van der Waals surface area (Å²) in [6.45, 7) is 6.82. The predicted octanol–water partition coefficient (Wildman–Crippen LogP) is 20.5. The number of furan rings is 1. The summed E-state index contributed by atoms with van der Waals surface area (Å²) in [5.41, 5.74) is 21.4. The molecule has 0 amide bonds. The van der Waals surface area contributed by atoms with Crippen molar-refractivity contribution in [3.8, 4) is 33.4 Å². The van der Waals surface area contributed by atoms with Crippen molar-refractivity contribution in [2.45, 2.75) is 26.2 Å². The van der Waals surface area contributed by atoms with Crippen molar-refractivity contribution in [3.05, 3.63) is 290 Å². The van der Waals surface area contributed by atoms with E-state index in [0.717, 1.165) is 84.1 Å². The number of pyridine rings is 1. The maximum atomic E-state index is 7.31. The second kappa shape index (κ2) is 19.0. The molecule has 0 bridgehead atoms. The number of nitrogens with zero attached hydrogens (tertiary/aromatic N) is 4. The number of aromatic nitrogens is 1. The molecule has 0 aliphatic heterocycles. The largest absolute Gasteiger partial charge is 0.454 e. The van der Waals surface area contributed by atoms with Gasteiger partial charge in [0.1, 0.15) is 5.58 Å². The Balaban J connectivity index is 1.05. The summed E-state index contributed by atoms with van der Waals surface area (Å²) in [6, 6.07) is 94.3. The van der Waals surface area contributed by atoms with Gasteiger partial charge in [-0.25, -0.2) is 0 Å². The summed E-state index contributed by atoms with van der Waals surface area (Å²) in [5, 5.41) is 4.29. The topological polar surface area (TPSA) is 35.8 Å². The van der Waals surface area contributed by atoms with Gasteiger partial charge in [0.15, 0.2) is 5.58 Å². The molecule has 14 rings (SSSR count). The van der Waals surface area contributed by atoms with Crippen LogP contribution in [0.3, 0.4) is 0 Å². The van der Waals surface area contributed by atoms with E-state index in [1.54, 1.807) is 0 Å². The fourth-order valence-electron chi connectivity index (χ4n) is 12.0. The van der Waals surface area contributed by atoms with E-state index in [2.05, 4.69) is 290 Å². The molecule has 5 heteroatoms. The Bertz CT molecular complexity index is 4380. The Morgan fingerprint density at radius 3 is 1.73 bits per heavy atom. The SMILES string of the molecule is Cc1cccc(N(c2cccc(-c3ccccc3)c2)c2ccc3oc4c(N(c5cccnc5)c5ccc6c(c5)-c5ccccc5C6(C)C)cc(N(c5ccccc5)c5ccc(-c6ccccc6)c6ccccc56)cc4c3c2)c1. The first kappa shape index (κ1) is 46.6. The van der Waals surface area contributed by atoms with Gasteiger partial charge in [0.05, 0.1) is 23.3 Å². The second-order valence-electron chi connectivity index (χ2n) is 20.9. The van der Waals surface area contributed by atoms with E-state index in [9.17, 15) is 0 Å². The first-order valence-electron chi connectivity index (χ1n) is 26.8. The average molecular weight is 1000 g/mol. The zero-order valence-electron chi connectivity index (χ0n) is 43.7. The van der Waals surface area contributed by atoms with Gasteiger partial charge in [-0.15, -0.1) is 0 Å². The summed E-state index contributed by atoms with van der Waals surface area (Å²) in [7, 11) is 0. The van der Waals surface area contributed by atoms with E-state index < -0.39 is 0 Å². The summed E-state index contributed by atoms with van der Waals surface area (Å²) in [5.74, 6) is 0. The molecule has 1 aliphatic carbocycles. The molecule has 372 valence electrons. The third-order valence-corrected chi connectivity index (χ3v) is 15.7. The number of anilines is 9. The number of para-hydroxylation sites is 1. The van der Waals surface area contributed by atoms with Crippen LogP contribution in [-0.4, -0.2) is 4.98 Å². The minimum Gasteiger partial charge on any atom is -0.454 e. The lowest BCUT2D eigenvalue weighted by Crippen LogP contribution is -2.16. The number of fused-ring (bicyclic) bond motifs is 7. The fourth-order valence-corrected chi connectivity index (χ4v) is 12.0. The van der Waals surface area contributed by atoms with Gasteiger partial charge in [0.2, 0.25) is 0 Å². The van der Waals surface area contributed by atoms with Gasteiger partial charge in [-0.05, 0) is 159 Å². The number of rotatable bonds is 11. The van der Waals surface area contributed by atoms with Gasteiger partial charge in [-0.3, -0.25) is 4.98 Å². The van der Waals surface area contributed by atoms with Crippen molar-refractivity contribution in [1.29, 1.82) is 0 Å². The third kappa shape index (κ3) is 7.98. The molecule has 1 aliphatic rings. The molecule has 0 atom stereocenters. The minimum absolute atomic E-state index is 0.155. The summed E-state index contributed by atoms with van der Waals surface area (Å²) < 4.78 is 7.31. The highest BCUT2D eigenvalue weighted by Crippen LogP contribution is 2.53. The fraction of sp³-hybridized carbons (Fsp3) is 0.0548. The Morgan fingerprint density at radius 1 is 0.346 bits per heavy atom. The van der Waals surface area contributed by atoms with Crippen molar-refractivity contribution in [1.82, 2.24) is 4.98 Å². The monoisotopic (exact) mass is 1000 g/mol. The number of hydrogen-bond acceptors (Lipinski definition) is 5. The van der Waals surface area contributed by atoms with E-state index in [0.29, 0.717) is 0 Å². The van der Waals surface area contributed by atoms with Crippen LogP contribution in [0.2, 0.25) is 0 Å². The lowest BCUT2D eigenvalue weighted by molar-refractivity contribution is 0.660. The van der Waals surface area contributed by atoms with Crippen LogP contribution in [0.15, 0.2) is 278 Å². The molecular formula is C73H54N4O. The highest BCUT2D eigenvalue weighted by molar-refractivity contribution is 6.14. The Labute approximate surface area is 455 Å². The zero-order chi connectivity index (χ0) is 52.3. The molecule has 11 aromatic carbocycles. The first-order valence-corrected chi connectivity index (χ1v) is 26.8. The van der Waals surface area contributed by atoms with Gasteiger partial charge in [-0.2, -0.15) is 0 Å². The number of aryl methyl sites for hydroxylation is 1. The van der Waals surface area contributed by atoms with Crippen molar-refractivity contribution in [3.63, 3.8) is 0 Å². The third-order valence-electron chi connectivity index (χ3n) is 15.7. The van der Waals surface area contributed by atoms with Crippen LogP contribution in [0.5, 0.6) is 0 Å². The van der Waals surface area contributed by atoms with E-state index >= 15 is 0 Å². The van der Waals surface area contributed by atoms with Crippen molar-refractivity contribution < 1.29 is 4.42 Å². The van der Waals surface area contributed by atoms with Crippen LogP contribution in [0.4, 0.5) is 51.2 Å². The van der Waals surface area contributed by atoms with Crippen molar-refractivity contribution in [2.24, 2.45) is 0 Å². The van der Waals surface area contributed by atoms with Crippen molar-refractivity contribution in [2.75, 3.05) is 14.7 Å². The van der Waals surface area contributed by atoms with E-state index in [1.165, 1.54) is 49.9 Å². The summed E-state index contributed by atoms with van der Waals surface area (Å²) in [4.78, 5) is 11.9. The molecule has 2 heterocycles. The van der Waals surface area contributed by atoms with E-state index in [1.807, 2.05) is 18.5 Å². The van der Waals surface area contributed by atoms with Gasteiger partial charge in [0.25, 0.3) is 0 Å². The number of hydrogen-bond donors (Lipinski definition) is 0. The molecular weight excluding hydrogens is 949 g/mol. The van der Waals surface area contributed by atoms with E-state index in [-0.39, 0.29) is 5.41 Å². The van der Waals surface area contributed by atoms with Gasteiger partial charge >= 0.3 is 0 Å². The average Bonchev–Trinajstić information content (AvgIpc) is 4.12. The standard InChI is InChI=1S/C73H54N4O/c1-49-20-17-28-54(42-49)75(55-29-18-25-52(43-55)50-21-7-4-8-22-50)56-36-40-71-65(45-56)66-46-59(76(53-26-11-6-12-27-53)69-39-37-60(51-23-9-5-10-24-51)61-31-13-14-33-63(61)69)47-70(72(66)78-71)77(58-30-19-41-74-48-58)57-35-38-68-64(44-57)62-32-15-16-34-67(62)73(68,2)3/h4-48H,1-3H3. The highest BCUT2D eigenvalue weighted by Gasteiger charge is 2.36. The van der Waals surface area contributed by atoms with Crippen LogP contribution < -0.4 is 14.7 Å². The van der Waals surface area contributed by atoms with Crippen LogP contribution in [-0.2, 0) is 5.41 Å². The van der Waals surface area contributed by atoms with Gasteiger partial charge in [-0.1, -0.05) is 178 Å². The predicted molar refractivity (Wildman–Crippen MR) is 326 cm³/mol. The summed E-state index contributed by atoms with van der Waals surface area (Å²) in [6.07, 6.45) is 3.80. The molecule has 0 unspecified atom stereocenters. The highest BCUT2D eigenvalue weighted by atomic mass is 16.3. The molecule has 0 saturated carbocycles. The smallest absolute Gasteiger partial charge is 0.159 e. The van der Waals surface area contributed by atoms with Crippen molar-refractivity contribution >= 4 is 83.9 Å². The Hall–Kier alpha value is -9.97. The maximum absolute atomic E-state index is 7.31. The normalized spacial score (nSPS) is 12.4. The molecule has 0 fully saturated rings.